The summed E-state index contributed by atoms with van der Waals surface area (Å²) in [6.07, 6.45) is 0.273. The van der Waals surface area contributed by atoms with E-state index >= 15 is 0 Å². The van der Waals surface area contributed by atoms with Crippen LogP contribution < -0.4 is 10.2 Å². The molecule has 2 atom stereocenters. The van der Waals surface area contributed by atoms with Gasteiger partial charge in [-0.05, 0) is 31.5 Å². The number of halogens is 1. The van der Waals surface area contributed by atoms with E-state index in [0.29, 0.717) is 36.6 Å². The average Bonchev–Trinajstić information content (AvgIpc) is 2.84. The van der Waals surface area contributed by atoms with Crippen LogP contribution in [0.1, 0.15) is 13.3 Å². The van der Waals surface area contributed by atoms with Gasteiger partial charge in [-0.15, -0.1) is 10.2 Å². The molecule has 23 heavy (non-hydrogen) atoms. The van der Waals surface area contributed by atoms with Crippen LogP contribution >= 0.6 is 0 Å². The van der Waals surface area contributed by atoms with Crippen LogP contribution in [-0.4, -0.2) is 45.1 Å². The van der Waals surface area contributed by atoms with Crippen molar-refractivity contribution in [3.8, 4) is 17.0 Å². The summed E-state index contributed by atoms with van der Waals surface area (Å²) >= 11 is 0. The number of aliphatic hydroxyl groups excluding tert-OH is 1. The zero-order valence-electron chi connectivity index (χ0n) is 12.6. The van der Waals surface area contributed by atoms with E-state index in [2.05, 4.69) is 27.3 Å². The van der Waals surface area contributed by atoms with Gasteiger partial charge in [-0.3, -0.25) is 0 Å². The van der Waals surface area contributed by atoms with Crippen LogP contribution in [0.2, 0.25) is 0 Å². The Kier molecular flexibility index (Phi) is 2.96. The van der Waals surface area contributed by atoms with Crippen molar-refractivity contribution >= 4 is 11.5 Å². The van der Waals surface area contributed by atoms with E-state index in [0.717, 1.165) is 5.69 Å². The molecule has 2 aliphatic heterocycles. The second-order valence-electron chi connectivity index (χ2n) is 6.42. The Morgan fingerprint density at radius 3 is 3.04 bits per heavy atom. The van der Waals surface area contributed by atoms with E-state index in [1.807, 2.05) is 0 Å². The van der Waals surface area contributed by atoms with Gasteiger partial charge >= 0.3 is 0 Å². The van der Waals surface area contributed by atoms with Crippen molar-refractivity contribution in [1.82, 2.24) is 10.2 Å². The van der Waals surface area contributed by atoms with E-state index in [-0.39, 0.29) is 5.54 Å². The number of anilines is 2. The zero-order valence-corrected chi connectivity index (χ0v) is 12.6. The Hall–Kier alpha value is -2.41. The molecular formula is C16H17FN4O2. The van der Waals surface area contributed by atoms with Gasteiger partial charge in [-0.25, -0.2) is 4.39 Å². The highest BCUT2D eigenvalue weighted by molar-refractivity contribution is 5.77. The highest BCUT2D eigenvalue weighted by Gasteiger charge is 2.45. The minimum atomic E-state index is -0.693. The number of fused-ring (bicyclic) bond motifs is 3. The summed E-state index contributed by atoms with van der Waals surface area (Å²) in [5.74, 6) is -0.493. The third kappa shape index (κ3) is 2.11. The summed E-state index contributed by atoms with van der Waals surface area (Å²) in [6.45, 7) is 3.28. The molecule has 4 rings (SSSR count). The number of nitrogens with zero attached hydrogens (tertiary/aromatic N) is 3. The van der Waals surface area contributed by atoms with E-state index in [9.17, 15) is 14.6 Å². The Morgan fingerprint density at radius 2 is 2.22 bits per heavy atom. The molecule has 2 unspecified atom stereocenters. The van der Waals surface area contributed by atoms with Crippen LogP contribution in [0.5, 0.6) is 5.75 Å². The van der Waals surface area contributed by atoms with Gasteiger partial charge in [-0.1, -0.05) is 6.07 Å². The molecule has 120 valence electrons. The summed E-state index contributed by atoms with van der Waals surface area (Å²) in [5, 5.41) is 31.4. The first-order chi connectivity index (χ1) is 11.0. The summed E-state index contributed by atoms with van der Waals surface area (Å²) < 4.78 is 13.6. The molecule has 1 fully saturated rings. The smallest absolute Gasteiger partial charge is 0.172 e. The second-order valence-corrected chi connectivity index (χ2v) is 6.42. The first kappa shape index (κ1) is 14.2. The highest BCUT2D eigenvalue weighted by Crippen LogP contribution is 2.42. The maximum Gasteiger partial charge on any atom is 0.172 e. The predicted molar refractivity (Wildman–Crippen MR) is 84.0 cm³/mol. The van der Waals surface area contributed by atoms with Gasteiger partial charge in [0, 0.05) is 18.7 Å². The number of aromatic hydroxyl groups is 1. The Labute approximate surface area is 132 Å². The molecule has 0 amide bonds. The van der Waals surface area contributed by atoms with Crippen molar-refractivity contribution in [1.29, 1.82) is 0 Å². The summed E-state index contributed by atoms with van der Waals surface area (Å²) in [6, 6.07) is 6.09. The number of β-amino-alcohol motifs (C(OH)–C–C–N with tert-alkyl or cyclic N) is 1. The molecule has 0 spiro atoms. The second kappa shape index (κ2) is 4.79. The quantitative estimate of drug-likeness (QED) is 0.743. The summed E-state index contributed by atoms with van der Waals surface area (Å²) in [5.41, 5.74) is 1.31. The van der Waals surface area contributed by atoms with Crippen molar-refractivity contribution in [2.75, 3.05) is 23.3 Å². The number of benzene rings is 1. The van der Waals surface area contributed by atoms with Crippen LogP contribution in [0, 0.1) is 5.82 Å². The third-order valence-electron chi connectivity index (χ3n) is 4.68. The predicted octanol–water partition coefficient (Wildman–Crippen LogP) is 1.74. The van der Waals surface area contributed by atoms with Gasteiger partial charge in [0.05, 0.1) is 23.0 Å². The molecule has 0 radical (unpaired) electrons. The van der Waals surface area contributed by atoms with Gasteiger partial charge < -0.3 is 20.4 Å². The van der Waals surface area contributed by atoms with Crippen molar-refractivity contribution in [2.45, 2.75) is 25.0 Å². The molecule has 7 heteroatoms. The van der Waals surface area contributed by atoms with Crippen LogP contribution in [-0.2, 0) is 0 Å². The number of phenolic OH excluding ortho intramolecular Hbond substituents is 1. The van der Waals surface area contributed by atoms with E-state index < -0.39 is 17.7 Å². The standard InChI is InChI=1S/C16H17FN4O2/c1-16-6-9(22)7-21(16)13-5-12(19-20-15(13)18-8-16)10-3-2-4-11(17)14(10)23/h2-5,9,22-23H,6-8H2,1H3,(H,18,20). The van der Waals surface area contributed by atoms with Crippen LogP contribution in [0.4, 0.5) is 15.9 Å². The molecule has 0 saturated carbocycles. The topological polar surface area (TPSA) is 81.5 Å². The van der Waals surface area contributed by atoms with Crippen LogP contribution in [0.15, 0.2) is 24.3 Å². The zero-order chi connectivity index (χ0) is 16.2. The van der Waals surface area contributed by atoms with Crippen molar-refractivity contribution in [2.24, 2.45) is 0 Å². The number of hydrogen-bond acceptors (Lipinski definition) is 6. The maximum atomic E-state index is 13.6. The van der Waals surface area contributed by atoms with E-state index in [1.165, 1.54) is 12.1 Å². The van der Waals surface area contributed by atoms with Crippen LogP contribution in [0.3, 0.4) is 0 Å². The van der Waals surface area contributed by atoms with E-state index in [1.54, 1.807) is 12.1 Å². The fourth-order valence-corrected chi connectivity index (χ4v) is 3.51. The van der Waals surface area contributed by atoms with Crippen molar-refractivity contribution in [3.63, 3.8) is 0 Å². The fraction of sp³-hybridized carbons (Fsp3) is 0.375. The molecule has 1 saturated heterocycles. The van der Waals surface area contributed by atoms with Gasteiger partial charge in [0.15, 0.2) is 17.4 Å². The number of para-hydroxylation sites is 1. The van der Waals surface area contributed by atoms with Gasteiger partial charge in [-0.2, -0.15) is 0 Å². The molecule has 1 aromatic heterocycles. The molecule has 3 N–H and O–H groups in total. The first-order valence-electron chi connectivity index (χ1n) is 7.53. The minimum absolute atomic E-state index is 0.198. The maximum absolute atomic E-state index is 13.6. The van der Waals surface area contributed by atoms with Crippen molar-refractivity contribution in [3.05, 3.63) is 30.1 Å². The summed E-state index contributed by atoms with van der Waals surface area (Å²) in [7, 11) is 0. The first-order valence-corrected chi connectivity index (χ1v) is 7.53. The van der Waals surface area contributed by atoms with E-state index in [4.69, 9.17) is 0 Å². The molecule has 3 heterocycles. The Morgan fingerprint density at radius 1 is 1.39 bits per heavy atom. The number of aromatic nitrogens is 2. The van der Waals surface area contributed by atoms with Gasteiger partial charge in [0.2, 0.25) is 0 Å². The van der Waals surface area contributed by atoms with Crippen LogP contribution in [0.25, 0.3) is 11.3 Å². The van der Waals surface area contributed by atoms with Crippen molar-refractivity contribution < 1.29 is 14.6 Å². The lowest BCUT2D eigenvalue weighted by Crippen LogP contribution is -2.50. The lowest BCUT2D eigenvalue weighted by Gasteiger charge is -2.41. The largest absolute Gasteiger partial charge is 0.504 e. The lowest BCUT2D eigenvalue weighted by molar-refractivity contribution is 0.187. The Bertz CT molecular complexity index is 785. The molecule has 0 bridgehead atoms. The Balaban J connectivity index is 1.82. The fourth-order valence-electron chi connectivity index (χ4n) is 3.51. The number of phenols is 1. The molecular weight excluding hydrogens is 299 g/mol. The monoisotopic (exact) mass is 316 g/mol. The molecule has 2 aliphatic rings. The van der Waals surface area contributed by atoms with Gasteiger partial charge in [0.25, 0.3) is 0 Å². The minimum Gasteiger partial charge on any atom is -0.504 e. The third-order valence-corrected chi connectivity index (χ3v) is 4.68. The molecule has 1 aromatic carbocycles. The number of hydrogen-bond donors (Lipinski definition) is 3. The lowest BCUT2D eigenvalue weighted by atomic mass is 9.95. The highest BCUT2D eigenvalue weighted by atomic mass is 19.1. The summed E-state index contributed by atoms with van der Waals surface area (Å²) in [4.78, 5) is 2.11. The molecule has 6 nitrogen and oxygen atoms in total. The molecule has 2 aromatic rings. The average molecular weight is 316 g/mol. The number of rotatable bonds is 1. The number of aliphatic hydroxyl groups is 1. The van der Waals surface area contributed by atoms with Gasteiger partial charge in [0.1, 0.15) is 0 Å². The SMILES string of the molecule is CC12CNc3nnc(-c4cccc(F)c4O)cc3N1CC(O)C2. The number of nitrogens with one attached hydrogen (secondary N) is 1. The molecule has 0 aliphatic carbocycles. The normalized spacial score (nSPS) is 25.7.